The van der Waals surface area contributed by atoms with Crippen molar-refractivity contribution in [1.29, 1.82) is 0 Å². The summed E-state index contributed by atoms with van der Waals surface area (Å²) < 4.78 is 0.731. The molecule has 2 aromatic heterocycles. The Kier molecular flexibility index (Phi) is 2.48. The summed E-state index contributed by atoms with van der Waals surface area (Å²) in [4.78, 5) is 19.7. The normalized spacial score (nSPS) is 10.9. The zero-order valence-corrected chi connectivity index (χ0v) is 10.7. The van der Waals surface area contributed by atoms with E-state index in [4.69, 9.17) is 0 Å². The van der Waals surface area contributed by atoms with E-state index in [1.165, 1.54) is 0 Å². The zero-order chi connectivity index (χ0) is 12.7. The smallest absolute Gasteiger partial charge is 0.355 e. The highest BCUT2D eigenvalue weighted by atomic mass is 79.9. The van der Waals surface area contributed by atoms with Crippen molar-refractivity contribution >= 4 is 43.7 Å². The molecule has 0 radical (unpaired) electrons. The molecule has 0 spiro atoms. The van der Waals surface area contributed by atoms with Gasteiger partial charge in [0.05, 0.1) is 11.0 Å². The maximum Gasteiger partial charge on any atom is 0.355 e. The van der Waals surface area contributed by atoms with Crippen LogP contribution in [-0.2, 0) is 0 Å². The number of benzene rings is 1. The van der Waals surface area contributed by atoms with Crippen LogP contribution in [0.1, 0.15) is 10.5 Å². The summed E-state index contributed by atoms with van der Waals surface area (Å²) in [6.45, 7) is 0. The van der Waals surface area contributed by atoms with Gasteiger partial charge in [-0.3, -0.25) is 4.98 Å². The van der Waals surface area contributed by atoms with Crippen molar-refractivity contribution in [1.82, 2.24) is 9.97 Å². The van der Waals surface area contributed by atoms with Gasteiger partial charge in [-0.25, -0.2) is 9.78 Å². The SMILES string of the molecule is O=C(O)c1nc2ccccc2c2ncc(Br)cc12. The number of carboxylic acids is 1. The molecule has 0 fully saturated rings. The summed E-state index contributed by atoms with van der Waals surface area (Å²) in [5.41, 5.74) is 1.32. The van der Waals surface area contributed by atoms with Gasteiger partial charge in [0, 0.05) is 21.4 Å². The number of carbonyl (C=O) groups is 1. The Morgan fingerprint density at radius 3 is 2.78 bits per heavy atom. The van der Waals surface area contributed by atoms with Gasteiger partial charge >= 0.3 is 5.97 Å². The summed E-state index contributed by atoms with van der Waals surface area (Å²) in [5.74, 6) is -1.05. The monoisotopic (exact) mass is 302 g/mol. The molecule has 0 saturated heterocycles. The fourth-order valence-electron chi connectivity index (χ4n) is 1.95. The van der Waals surface area contributed by atoms with E-state index in [1.54, 1.807) is 18.3 Å². The Morgan fingerprint density at radius 1 is 1.22 bits per heavy atom. The van der Waals surface area contributed by atoms with E-state index in [2.05, 4.69) is 25.9 Å². The third kappa shape index (κ3) is 1.64. The predicted octanol–water partition coefficient (Wildman–Crippen LogP) is 3.24. The van der Waals surface area contributed by atoms with Crippen molar-refractivity contribution < 1.29 is 9.90 Å². The second-order valence-corrected chi connectivity index (χ2v) is 4.75. The van der Waals surface area contributed by atoms with E-state index in [0.29, 0.717) is 16.4 Å². The van der Waals surface area contributed by atoms with Gasteiger partial charge in [-0.15, -0.1) is 0 Å². The van der Waals surface area contributed by atoms with Crippen LogP contribution in [-0.4, -0.2) is 21.0 Å². The number of para-hydroxylation sites is 1. The highest BCUT2D eigenvalue weighted by Gasteiger charge is 2.14. The van der Waals surface area contributed by atoms with Crippen molar-refractivity contribution in [2.24, 2.45) is 0 Å². The second-order valence-electron chi connectivity index (χ2n) is 3.83. The van der Waals surface area contributed by atoms with Gasteiger partial charge in [0.1, 0.15) is 0 Å². The average Bonchev–Trinajstić information content (AvgIpc) is 2.37. The maximum atomic E-state index is 11.3. The number of rotatable bonds is 1. The molecule has 2 heterocycles. The lowest BCUT2D eigenvalue weighted by molar-refractivity contribution is 0.0693. The molecule has 1 aromatic carbocycles. The minimum absolute atomic E-state index is 0.0255. The summed E-state index contributed by atoms with van der Waals surface area (Å²) in [7, 11) is 0. The molecule has 0 unspecified atom stereocenters. The van der Waals surface area contributed by atoms with Gasteiger partial charge in [-0.2, -0.15) is 0 Å². The molecule has 5 heteroatoms. The molecule has 88 valence electrons. The quantitative estimate of drug-likeness (QED) is 0.701. The molecule has 0 aliphatic heterocycles. The maximum absolute atomic E-state index is 11.3. The number of fused-ring (bicyclic) bond motifs is 3. The van der Waals surface area contributed by atoms with Crippen LogP contribution < -0.4 is 0 Å². The first-order valence-electron chi connectivity index (χ1n) is 5.24. The predicted molar refractivity (Wildman–Crippen MR) is 71.7 cm³/mol. The molecule has 0 aliphatic rings. The van der Waals surface area contributed by atoms with Gasteiger partial charge in [0.15, 0.2) is 5.69 Å². The van der Waals surface area contributed by atoms with Gasteiger partial charge < -0.3 is 5.11 Å². The molecule has 3 aromatic rings. The van der Waals surface area contributed by atoms with E-state index >= 15 is 0 Å². The van der Waals surface area contributed by atoms with E-state index in [9.17, 15) is 9.90 Å². The van der Waals surface area contributed by atoms with Gasteiger partial charge in [-0.1, -0.05) is 18.2 Å². The molecule has 0 atom stereocenters. The number of aromatic nitrogens is 2. The largest absolute Gasteiger partial charge is 0.476 e. The van der Waals surface area contributed by atoms with Crippen LogP contribution in [0.25, 0.3) is 21.8 Å². The standard InChI is InChI=1S/C13H7BrN2O2/c14-7-5-9-11(15-6-7)8-3-1-2-4-10(8)16-12(9)13(17)18/h1-6H,(H,17,18). The second kappa shape index (κ2) is 4.03. The van der Waals surface area contributed by atoms with Crippen molar-refractivity contribution in [3.63, 3.8) is 0 Å². The molecule has 1 N–H and O–H groups in total. The van der Waals surface area contributed by atoms with Crippen LogP contribution in [0, 0.1) is 0 Å². The molecule has 0 aliphatic carbocycles. The first kappa shape index (κ1) is 11.1. The molecule has 18 heavy (non-hydrogen) atoms. The highest BCUT2D eigenvalue weighted by molar-refractivity contribution is 9.10. The number of hydrogen-bond acceptors (Lipinski definition) is 3. The lowest BCUT2D eigenvalue weighted by Gasteiger charge is -2.06. The number of aromatic carboxylic acids is 1. The number of carboxylic acid groups (broad SMARTS) is 1. The van der Waals surface area contributed by atoms with Crippen molar-refractivity contribution in [2.75, 3.05) is 0 Å². The zero-order valence-electron chi connectivity index (χ0n) is 9.09. The lowest BCUT2D eigenvalue weighted by atomic mass is 10.1. The topological polar surface area (TPSA) is 63.1 Å². The Balaban J connectivity index is 2.58. The van der Waals surface area contributed by atoms with Crippen molar-refractivity contribution in [2.45, 2.75) is 0 Å². The fraction of sp³-hybridized carbons (Fsp3) is 0. The van der Waals surface area contributed by atoms with E-state index in [1.807, 2.05) is 18.2 Å². The summed E-state index contributed by atoms with van der Waals surface area (Å²) >= 11 is 3.30. The Hall–Kier alpha value is -2.01. The van der Waals surface area contributed by atoms with Crippen LogP contribution >= 0.6 is 15.9 Å². The Morgan fingerprint density at radius 2 is 2.00 bits per heavy atom. The summed E-state index contributed by atoms with van der Waals surface area (Å²) in [5, 5.41) is 10.6. The fourth-order valence-corrected chi connectivity index (χ4v) is 2.28. The minimum atomic E-state index is -1.05. The number of hydrogen-bond donors (Lipinski definition) is 1. The first-order chi connectivity index (χ1) is 8.66. The van der Waals surface area contributed by atoms with Gasteiger partial charge in [0.2, 0.25) is 0 Å². The van der Waals surface area contributed by atoms with Crippen LogP contribution in [0.3, 0.4) is 0 Å². The molecule has 0 bridgehead atoms. The number of pyridine rings is 2. The van der Waals surface area contributed by atoms with Crippen molar-refractivity contribution in [3.8, 4) is 0 Å². The third-order valence-electron chi connectivity index (χ3n) is 2.70. The van der Waals surface area contributed by atoms with Crippen LogP contribution in [0.15, 0.2) is 41.0 Å². The lowest BCUT2D eigenvalue weighted by Crippen LogP contribution is -2.02. The summed E-state index contributed by atoms with van der Waals surface area (Å²) in [6, 6.07) is 9.10. The van der Waals surface area contributed by atoms with Crippen molar-refractivity contribution in [3.05, 3.63) is 46.7 Å². The van der Waals surface area contributed by atoms with Gasteiger partial charge in [0.25, 0.3) is 0 Å². The van der Waals surface area contributed by atoms with Gasteiger partial charge in [-0.05, 0) is 28.1 Å². The first-order valence-corrected chi connectivity index (χ1v) is 6.03. The molecule has 0 amide bonds. The molecule has 3 rings (SSSR count). The summed E-state index contributed by atoms with van der Waals surface area (Å²) in [6.07, 6.45) is 1.65. The van der Waals surface area contributed by atoms with E-state index in [-0.39, 0.29) is 5.69 Å². The van der Waals surface area contributed by atoms with E-state index < -0.39 is 5.97 Å². The highest BCUT2D eigenvalue weighted by Crippen LogP contribution is 2.26. The minimum Gasteiger partial charge on any atom is -0.476 e. The van der Waals surface area contributed by atoms with Crippen LogP contribution in [0.2, 0.25) is 0 Å². The molecular weight excluding hydrogens is 296 g/mol. The molecule has 4 nitrogen and oxygen atoms in total. The van der Waals surface area contributed by atoms with Crippen LogP contribution in [0.4, 0.5) is 0 Å². The molecule has 0 saturated carbocycles. The van der Waals surface area contributed by atoms with Crippen LogP contribution in [0.5, 0.6) is 0 Å². The Labute approximate surface area is 110 Å². The number of nitrogens with zero attached hydrogens (tertiary/aromatic N) is 2. The Bertz CT molecular complexity index is 786. The average molecular weight is 303 g/mol. The number of halogens is 1. The molecular formula is C13H7BrN2O2. The van der Waals surface area contributed by atoms with E-state index in [0.717, 1.165) is 9.86 Å². The third-order valence-corrected chi connectivity index (χ3v) is 3.14.